The van der Waals surface area contributed by atoms with Crippen LogP contribution in [0.1, 0.15) is 31.1 Å². The SMILES string of the molecule is CCOc1ccc(C(=O)C(F)C(C)=O)cc1OCC. The van der Waals surface area contributed by atoms with Crippen LogP contribution in [0.15, 0.2) is 18.2 Å². The minimum absolute atomic E-state index is 0.0922. The molecule has 0 spiro atoms. The second-order valence-electron chi connectivity index (χ2n) is 3.86. The molecule has 0 aliphatic carbocycles. The number of benzene rings is 1. The number of hydrogen-bond acceptors (Lipinski definition) is 4. The summed E-state index contributed by atoms with van der Waals surface area (Å²) >= 11 is 0. The summed E-state index contributed by atoms with van der Waals surface area (Å²) in [5.41, 5.74) is 0.0922. The number of halogens is 1. The second-order valence-corrected chi connectivity index (χ2v) is 3.86. The molecule has 0 aromatic heterocycles. The molecule has 0 N–H and O–H groups in total. The normalized spacial score (nSPS) is 11.8. The first kappa shape index (κ1) is 15.1. The zero-order chi connectivity index (χ0) is 14.4. The molecule has 19 heavy (non-hydrogen) atoms. The fourth-order valence-electron chi connectivity index (χ4n) is 1.54. The van der Waals surface area contributed by atoms with Crippen LogP contribution in [0.25, 0.3) is 0 Å². The summed E-state index contributed by atoms with van der Waals surface area (Å²) in [5, 5.41) is 0. The molecule has 1 atom stereocenters. The van der Waals surface area contributed by atoms with Crippen LogP contribution >= 0.6 is 0 Å². The van der Waals surface area contributed by atoms with E-state index in [0.717, 1.165) is 6.92 Å². The van der Waals surface area contributed by atoms with Gasteiger partial charge in [-0.2, -0.15) is 0 Å². The summed E-state index contributed by atoms with van der Waals surface area (Å²) < 4.78 is 24.1. The molecule has 1 aromatic carbocycles. The standard InChI is InChI=1S/C14H17FO4/c1-4-18-11-7-6-10(8-12(11)19-5-2)14(17)13(15)9(3)16/h6-8,13H,4-5H2,1-3H3. The Kier molecular flexibility index (Phi) is 5.48. The zero-order valence-electron chi connectivity index (χ0n) is 11.2. The van der Waals surface area contributed by atoms with Crippen molar-refractivity contribution in [3.8, 4) is 11.5 Å². The lowest BCUT2D eigenvalue weighted by molar-refractivity contribution is -0.120. The summed E-state index contributed by atoms with van der Waals surface area (Å²) in [4.78, 5) is 22.6. The Hall–Kier alpha value is -1.91. The van der Waals surface area contributed by atoms with Crippen LogP contribution in [-0.4, -0.2) is 31.0 Å². The third-order valence-corrected chi connectivity index (χ3v) is 2.42. The lowest BCUT2D eigenvalue weighted by Gasteiger charge is -2.12. The monoisotopic (exact) mass is 268 g/mol. The van der Waals surface area contributed by atoms with Gasteiger partial charge in [0.15, 0.2) is 17.3 Å². The van der Waals surface area contributed by atoms with Gasteiger partial charge in [-0.15, -0.1) is 0 Å². The molecule has 5 heteroatoms. The van der Waals surface area contributed by atoms with Gasteiger partial charge in [0, 0.05) is 5.56 Å². The number of Topliss-reactive ketones (excluding diaryl/α,β-unsaturated/α-hetero) is 2. The van der Waals surface area contributed by atoms with Crippen LogP contribution in [0.3, 0.4) is 0 Å². The van der Waals surface area contributed by atoms with Gasteiger partial charge in [0.25, 0.3) is 0 Å². The van der Waals surface area contributed by atoms with E-state index in [0.29, 0.717) is 24.7 Å². The van der Waals surface area contributed by atoms with E-state index >= 15 is 0 Å². The summed E-state index contributed by atoms with van der Waals surface area (Å²) in [5.74, 6) is -0.821. The number of rotatable bonds is 7. The highest BCUT2D eigenvalue weighted by atomic mass is 19.1. The molecule has 104 valence electrons. The topological polar surface area (TPSA) is 52.6 Å². The molecule has 0 aliphatic rings. The zero-order valence-corrected chi connectivity index (χ0v) is 11.2. The maximum Gasteiger partial charge on any atom is 0.220 e. The summed E-state index contributed by atoms with van der Waals surface area (Å²) in [6, 6.07) is 4.35. The van der Waals surface area contributed by atoms with Crippen molar-refractivity contribution in [3.63, 3.8) is 0 Å². The van der Waals surface area contributed by atoms with Gasteiger partial charge in [-0.25, -0.2) is 4.39 Å². The van der Waals surface area contributed by atoms with Crippen LogP contribution < -0.4 is 9.47 Å². The van der Waals surface area contributed by atoms with Crippen molar-refractivity contribution in [1.82, 2.24) is 0 Å². The predicted molar refractivity (Wildman–Crippen MR) is 68.7 cm³/mol. The Morgan fingerprint density at radius 2 is 1.74 bits per heavy atom. The largest absolute Gasteiger partial charge is 0.490 e. The molecular formula is C14H17FO4. The van der Waals surface area contributed by atoms with E-state index < -0.39 is 17.7 Å². The highest BCUT2D eigenvalue weighted by molar-refractivity contribution is 6.12. The molecule has 4 nitrogen and oxygen atoms in total. The van der Waals surface area contributed by atoms with Crippen LogP contribution in [0.4, 0.5) is 4.39 Å². The fourth-order valence-corrected chi connectivity index (χ4v) is 1.54. The van der Waals surface area contributed by atoms with E-state index in [-0.39, 0.29) is 5.56 Å². The molecule has 1 unspecified atom stereocenters. The maximum atomic E-state index is 13.4. The predicted octanol–water partition coefficient (Wildman–Crippen LogP) is 2.59. The number of ketones is 2. The van der Waals surface area contributed by atoms with Crippen LogP contribution in [0.5, 0.6) is 11.5 Å². The second kappa shape index (κ2) is 6.87. The van der Waals surface area contributed by atoms with E-state index in [1.165, 1.54) is 18.2 Å². The minimum Gasteiger partial charge on any atom is -0.490 e. The Balaban J connectivity index is 3.07. The highest BCUT2D eigenvalue weighted by Gasteiger charge is 2.24. The van der Waals surface area contributed by atoms with Crippen molar-refractivity contribution >= 4 is 11.6 Å². The lowest BCUT2D eigenvalue weighted by Crippen LogP contribution is -2.23. The third-order valence-electron chi connectivity index (χ3n) is 2.42. The van der Waals surface area contributed by atoms with Crippen molar-refractivity contribution in [2.45, 2.75) is 26.9 Å². The molecule has 0 amide bonds. The Morgan fingerprint density at radius 3 is 2.26 bits per heavy atom. The van der Waals surface area contributed by atoms with Gasteiger partial charge in [-0.1, -0.05) is 0 Å². The van der Waals surface area contributed by atoms with Crippen molar-refractivity contribution in [3.05, 3.63) is 23.8 Å². The molecule has 1 rings (SSSR count). The van der Waals surface area contributed by atoms with Gasteiger partial charge in [0.2, 0.25) is 12.0 Å². The maximum absolute atomic E-state index is 13.4. The molecule has 0 aliphatic heterocycles. The minimum atomic E-state index is -2.13. The van der Waals surface area contributed by atoms with Gasteiger partial charge in [-0.3, -0.25) is 9.59 Å². The third kappa shape index (κ3) is 3.77. The van der Waals surface area contributed by atoms with E-state index in [1.54, 1.807) is 6.92 Å². The van der Waals surface area contributed by atoms with Gasteiger partial charge < -0.3 is 9.47 Å². The Labute approximate surface area is 111 Å². The highest BCUT2D eigenvalue weighted by Crippen LogP contribution is 2.29. The summed E-state index contributed by atoms with van der Waals surface area (Å²) in [6.07, 6.45) is -2.13. The van der Waals surface area contributed by atoms with Gasteiger partial charge in [0.05, 0.1) is 13.2 Å². The number of alkyl halides is 1. The van der Waals surface area contributed by atoms with Gasteiger partial charge >= 0.3 is 0 Å². The van der Waals surface area contributed by atoms with E-state index in [2.05, 4.69) is 0 Å². The average molecular weight is 268 g/mol. The molecule has 0 fully saturated rings. The molecule has 0 heterocycles. The van der Waals surface area contributed by atoms with Crippen LogP contribution in [0.2, 0.25) is 0 Å². The number of hydrogen-bond donors (Lipinski definition) is 0. The van der Waals surface area contributed by atoms with Gasteiger partial charge in [0.1, 0.15) is 0 Å². The Morgan fingerprint density at radius 1 is 1.16 bits per heavy atom. The fraction of sp³-hybridized carbons (Fsp3) is 0.429. The molecule has 1 aromatic rings. The number of ether oxygens (including phenoxy) is 2. The van der Waals surface area contributed by atoms with Crippen molar-refractivity contribution < 1.29 is 23.5 Å². The first-order chi connectivity index (χ1) is 9.01. The van der Waals surface area contributed by atoms with E-state index in [4.69, 9.17) is 9.47 Å². The van der Waals surface area contributed by atoms with Crippen molar-refractivity contribution in [2.75, 3.05) is 13.2 Å². The molecule has 0 radical (unpaired) electrons. The van der Waals surface area contributed by atoms with E-state index in [9.17, 15) is 14.0 Å². The molecule has 0 bridgehead atoms. The van der Waals surface area contributed by atoms with Crippen LogP contribution in [-0.2, 0) is 4.79 Å². The summed E-state index contributed by atoms with van der Waals surface area (Å²) in [7, 11) is 0. The van der Waals surface area contributed by atoms with Crippen molar-refractivity contribution in [2.24, 2.45) is 0 Å². The van der Waals surface area contributed by atoms with E-state index in [1.807, 2.05) is 6.92 Å². The molecule has 0 saturated heterocycles. The smallest absolute Gasteiger partial charge is 0.220 e. The summed E-state index contributed by atoms with van der Waals surface area (Å²) in [6.45, 7) is 5.50. The lowest BCUT2D eigenvalue weighted by atomic mass is 10.0. The first-order valence-corrected chi connectivity index (χ1v) is 6.09. The average Bonchev–Trinajstić information content (AvgIpc) is 2.39. The Bertz CT molecular complexity index is 471. The number of carbonyl (C=O) groups is 2. The number of carbonyl (C=O) groups excluding carboxylic acids is 2. The molecular weight excluding hydrogens is 251 g/mol. The quantitative estimate of drug-likeness (QED) is 0.563. The van der Waals surface area contributed by atoms with Gasteiger partial charge in [-0.05, 0) is 39.0 Å². The van der Waals surface area contributed by atoms with Crippen LogP contribution in [0, 0.1) is 0 Å². The first-order valence-electron chi connectivity index (χ1n) is 6.09. The van der Waals surface area contributed by atoms with Crippen molar-refractivity contribution in [1.29, 1.82) is 0 Å². The molecule has 0 saturated carbocycles.